The van der Waals surface area contributed by atoms with Crippen LogP contribution in [0.3, 0.4) is 0 Å². The quantitative estimate of drug-likeness (QED) is 0.381. The Morgan fingerprint density at radius 2 is 1.88 bits per heavy atom. The van der Waals surface area contributed by atoms with Gasteiger partial charge < -0.3 is 8.83 Å². The van der Waals surface area contributed by atoms with Crippen molar-refractivity contribution >= 4 is 22.8 Å². The van der Waals surface area contributed by atoms with E-state index >= 15 is 0 Å². The molecule has 0 fully saturated rings. The third kappa shape index (κ3) is 4.72. The van der Waals surface area contributed by atoms with Crippen molar-refractivity contribution in [1.82, 2.24) is 30.5 Å². The van der Waals surface area contributed by atoms with Gasteiger partial charge in [0.2, 0.25) is 0 Å². The van der Waals surface area contributed by atoms with Crippen molar-refractivity contribution in [2.45, 2.75) is 40.3 Å². The highest BCUT2D eigenvalue weighted by Crippen LogP contribution is 2.26. The number of hydrogen-bond acceptors (Lipinski definition) is 7. The normalized spacial score (nSPS) is 11.5. The number of amides is 2. The molecule has 2 amide bonds. The Bertz CT molecular complexity index is 1280. The lowest BCUT2D eigenvalue weighted by molar-refractivity contribution is 0.0829. The summed E-state index contributed by atoms with van der Waals surface area (Å²) in [6.45, 7) is 10.4. The molecule has 2 N–H and O–H groups in total. The minimum absolute atomic E-state index is 0.0388. The molecule has 4 heterocycles. The first-order chi connectivity index (χ1) is 16.4. The Morgan fingerprint density at radius 3 is 2.56 bits per heavy atom. The fraction of sp³-hybridized carbons (Fsp3) is 0.333. The smallest absolute Gasteiger partial charge is 0.305 e. The van der Waals surface area contributed by atoms with E-state index in [0.29, 0.717) is 40.4 Å². The molecule has 4 aromatic rings. The second-order valence-corrected chi connectivity index (χ2v) is 8.09. The molecule has 10 nitrogen and oxygen atoms in total. The SMILES string of the molecule is CCN(CC)Cc1ccc(C(=O)NNC(=O)c2cc(-c3ccco3)nc3c2cnn3C(C)C)o1. The van der Waals surface area contributed by atoms with Gasteiger partial charge in [-0.25, -0.2) is 9.67 Å². The van der Waals surface area contributed by atoms with Gasteiger partial charge in [0, 0.05) is 6.04 Å². The highest BCUT2D eigenvalue weighted by Gasteiger charge is 2.20. The first-order valence-corrected chi connectivity index (χ1v) is 11.2. The number of carbonyl (C=O) groups is 2. The fourth-order valence-corrected chi connectivity index (χ4v) is 3.63. The van der Waals surface area contributed by atoms with E-state index in [1.807, 2.05) is 13.8 Å². The van der Waals surface area contributed by atoms with Crippen LogP contribution in [-0.2, 0) is 6.54 Å². The van der Waals surface area contributed by atoms with Gasteiger partial charge in [-0.1, -0.05) is 13.8 Å². The monoisotopic (exact) mass is 464 g/mol. The molecular weight excluding hydrogens is 436 g/mol. The standard InChI is InChI=1S/C24H28N6O4/c1-5-29(6-2)14-16-9-10-21(34-16)24(32)28-27-23(31)17-12-19(20-8-7-11-33-20)26-22-18(17)13-25-30(22)15(3)4/h7-13,15H,5-6,14H2,1-4H3,(H,27,31)(H,28,32). The van der Waals surface area contributed by atoms with Gasteiger partial charge in [0.05, 0.1) is 30.0 Å². The fourth-order valence-electron chi connectivity index (χ4n) is 3.63. The average molecular weight is 465 g/mol. The number of carbonyl (C=O) groups excluding carboxylic acids is 2. The number of furan rings is 2. The Balaban J connectivity index is 1.54. The van der Waals surface area contributed by atoms with E-state index in [-0.39, 0.29) is 11.8 Å². The Kier molecular flexibility index (Phi) is 6.78. The number of rotatable bonds is 8. The molecule has 0 atom stereocenters. The highest BCUT2D eigenvalue weighted by molar-refractivity contribution is 6.07. The lowest BCUT2D eigenvalue weighted by Gasteiger charge is -2.15. The predicted molar refractivity (Wildman–Crippen MR) is 126 cm³/mol. The van der Waals surface area contributed by atoms with Gasteiger partial charge in [-0.15, -0.1) is 0 Å². The van der Waals surface area contributed by atoms with Gasteiger partial charge in [-0.2, -0.15) is 5.10 Å². The number of fused-ring (bicyclic) bond motifs is 1. The first kappa shape index (κ1) is 23.2. The second-order valence-electron chi connectivity index (χ2n) is 8.09. The van der Waals surface area contributed by atoms with Crippen LogP contribution in [0.25, 0.3) is 22.5 Å². The summed E-state index contributed by atoms with van der Waals surface area (Å²) in [6, 6.07) is 8.52. The van der Waals surface area contributed by atoms with Gasteiger partial charge >= 0.3 is 5.91 Å². The molecule has 4 aromatic heterocycles. The molecule has 0 aliphatic carbocycles. The molecule has 0 aliphatic heterocycles. The van der Waals surface area contributed by atoms with Crippen LogP contribution in [0.2, 0.25) is 0 Å². The third-order valence-corrected chi connectivity index (χ3v) is 5.52. The van der Waals surface area contributed by atoms with E-state index in [1.54, 1.807) is 47.5 Å². The first-order valence-electron chi connectivity index (χ1n) is 11.2. The Hall–Kier alpha value is -3.92. The summed E-state index contributed by atoms with van der Waals surface area (Å²) in [5.74, 6) is 0.264. The van der Waals surface area contributed by atoms with Crippen molar-refractivity contribution in [3.8, 4) is 11.5 Å². The zero-order chi connectivity index (χ0) is 24.2. The molecule has 0 radical (unpaired) electrons. The molecule has 4 rings (SSSR count). The largest absolute Gasteiger partial charge is 0.463 e. The molecule has 0 saturated heterocycles. The predicted octanol–water partition coefficient (Wildman–Crippen LogP) is 3.78. The van der Waals surface area contributed by atoms with Crippen molar-refractivity contribution < 1.29 is 18.4 Å². The van der Waals surface area contributed by atoms with E-state index in [9.17, 15) is 9.59 Å². The van der Waals surface area contributed by atoms with Gasteiger partial charge in [0.25, 0.3) is 5.91 Å². The van der Waals surface area contributed by atoms with Crippen LogP contribution in [0.15, 0.2) is 51.6 Å². The van der Waals surface area contributed by atoms with Crippen LogP contribution < -0.4 is 10.9 Å². The van der Waals surface area contributed by atoms with Crippen molar-refractivity contribution in [3.05, 3.63) is 59.9 Å². The maximum atomic E-state index is 13.1. The Labute approximate surface area is 196 Å². The molecule has 0 aliphatic rings. The molecule has 0 aromatic carbocycles. The van der Waals surface area contributed by atoms with Crippen LogP contribution in [0.1, 0.15) is 60.4 Å². The van der Waals surface area contributed by atoms with Crippen LogP contribution in [0.4, 0.5) is 0 Å². The van der Waals surface area contributed by atoms with Gasteiger partial charge in [0.15, 0.2) is 17.2 Å². The van der Waals surface area contributed by atoms with E-state index in [4.69, 9.17) is 8.83 Å². The van der Waals surface area contributed by atoms with Crippen molar-refractivity contribution in [2.24, 2.45) is 0 Å². The number of aromatic nitrogens is 3. The van der Waals surface area contributed by atoms with Crippen LogP contribution in [0, 0.1) is 0 Å². The van der Waals surface area contributed by atoms with E-state index < -0.39 is 11.8 Å². The summed E-state index contributed by atoms with van der Waals surface area (Å²) in [5.41, 5.74) is 6.24. The van der Waals surface area contributed by atoms with Crippen molar-refractivity contribution in [2.75, 3.05) is 13.1 Å². The summed E-state index contributed by atoms with van der Waals surface area (Å²) < 4.78 is 12.9. The molecule has 34 heavy (non-hydrogen) atoms. The van der Waals surface area contributed by atoms with Crippen LogP contribution >= 0.6 is 0 Å². The molecule has 10 heteroatoms. The van der Waals surface area contributed by atoms with Gasteiger partial charge in [-0.05, 0) is 57.3 Å². The number of hydrogen-bond donors (Lipinski definition) is 2. The number of nitrogens with zero attached hydrogens (tertiary/aromatic N) is 4. The molecule has 0 bridgehead atoms. The molecule has 0 saturated carbocycles. The van der Waals surface area contributed by atoms with Crippen LogP contribution in [0.5, 0.6) is 0 Å². The Morgan fingerprint density at radius 1 is 1.12 bits per heavy atom. The summed E-state index contributed by atoms with van der Waals surface area (Å²) in [6.07, 6.45) is 3.13. The molecule has 0 unspecified atom stereocenters. The van der Waals surface area contributed by atoms with E-state index in [1.165, 1.54) is 0 Å². The highest BCUT2D eigenvalue weighted by atomic mass is 16.4. The summed E-state index contributed by atoms with van der Waals surface area (Å²) in [7, 11) is 0. The maximum absolute atomic E-state index is 13.1. The molecule has 0 spiro atoms. The summed E-state index contributed by atoms with van der Waals surface area (Å²) in [4.78, 5) is 32.4. The molecular formula is C24H28N6O4. The minimum atomic E-state index is -0.548. The van der Waals surface area contributed by atoms with Crippen molar-refractivity contribution in [1.29, 1.82) is 0 Å². The minimum Gasteiger partial charge on any atom is -0.463 e. The van der Waals surface area contributed by atoms with E-state index in [2.05, 4.69) is 39.7 Å². The van der Waals surface area contributed by atoms with Crippen LogP contribution in [-0.4, -0.2) is 44.6 Å². The zero-order valence-electron chi connectivity index (χ0n) is 19.7. The summed E-state index contributed by atoms with van der Waals surface area (Å²) >= 11 is 0. The maximum Gasteiger partial charge on any atom is 0.305 e. The topological polar surface area (TPSA) is 118 Å². The number of nitrogens with one attached hydrogen (secondary N) is 2. The summed E-state index contributed by atoms with van der Waals surface area (Å²) in [5, 5.41) is 4.95. The lowest BCUT2D eigenvalue weighted by Crippen LogP contribution is -2.41. The van der Waals surface area contributed by atoms with Gasteiger partial charge in [-0.3, -0.25) is 25.3 Å². The third-order valence-electron chi connectivity index (χ3n) is 5.52. The average Bonchev–Trinajstić information content (AvgIpc) is 3.60. The molecule has 178 valence electrons. The van der Waals surface area contributed by atoms with Crippen molar-refractivity contribution in [3.63, 3.8) is 0 Å². The number of pyridine rings is 1. The zero-order valence-corrected chi connectivity index (χ0v) is 19.7. The lowest BCUT2D eigenvalue weighted by atomic mass is 10.1. The van der Waals surface area contributed by atoms with E-state index in [0.717, 1.165) is 13.1 Å². The van der Waals surface area contributed by atoms with Gasteiger partial charge in [0.1, 0.15) is 11.5 Å². The number of hydrazine groups is 1. The second kappa shape index (κ2) is 9.92.